The van der Waals surface area contributed by atoms with Gasteiger partial charge in [-0.15, -0.1) is 0 Å². The molecule has 0 aliphatic heterocycles. The van der Waals surface area contributed by atoms with Gasteiger partial charge in [0.1, 0.15) is 5.75 Å². The predicted molar refractivity (Wildman–Crippen MR) is 100.0 cm³/mol. The first-order valence-electron chi connectivity index (χ1n) is 8.94. The SMILES string of the molecule is CCN(CC)CCC[C@@H](C)NC(=O)CNC(=O)c1ccc(OC)cc1. The number of carbonyl (C=O) groups is 2. The Labute approximate surface area is 150 Å². The van der Waals surface area contributed by atoms with Gasteiger partial charge in [0, 0.05) is 11.6 Å². The second-order valence-electron chi connectivity index (χ2n) is 6.05. The number of rotatable bonds is 11. The zero-order chi connectivity index (χ0) is 18.7. The average molecular weight is 349 g/mol. The summed E-state index contributed by atoms with van der Waals surface area (Å²) in [6, 6.07) is 6.87. The molecule has 0 saturated heterocycles. The van der Waals surface area contributed by atoms with E-state index >= 15 is 0 Å². The molecule has 0 aliphatic carbocycles. The molecule has 0 heterocycles. The summed E-state index contributed by atoms with van der Waals surface area (Å²) in [5.41, 5.74) is 0.501. The lowest BCUT2D eigenvalue weighted by atomic mass is 10.1. The Kier molecular flexibility index (Phi) is 9.62. The van der Waals surface area contributed by atoms with Crippen molar-refractivity contribution in [3.63, 3.8) is 0 Å². The monoisotopic (exact) mass is 349 g/mol. The van der Waals surface area contributed by atoms with Crippen LogP contribution in [0.2, 0.25) is 0 Å². The van der Waals surface area contributed by atoms with Crippen molar-refractivity contribution in [3.8, 4) is 5.75 Å². The number of benzene rings is 1. The van der Waals surface area contributed by atoms with Gasteiger partial charge in [-0.2, -0.15) is 0 Å². The topological polar surface area (TPSA) is 70.7 Å². The molecule has 25 heavy (non-hydrogen) atoms. The number of nitrogens with one attached hydrogen (secondary N) is 2. The largest absolute Gasteiger partial charge is 0.497 e. The van der Waals surface area contributed by atoms with Crippen LogP contribution in [0, 0.1) is 0 Å². The molecule has 0 aliphatic rings. The van der Waals surface area contributed by atoms with E-state index in [0.717, 1.165) is 32.5 Å². The lowest BCUT2D eigenvalue weighted by Crippen LogP contribution is -2.41. The first-order valence-corrected chi connectivity index (χ1v) is 8.94. The number of methoxy groups -OCH3 is 1. The molecular weight excluding hydrogens is 318 g/mol. The summed E-state index contributed by atoms with van der Waals surface area (Å²) in [6.45, 7) is 9.42. The summed E-state index contributed by atoms with van der Waals surface area (Å²) in [7, 11) is 1.57. The van der Waals surface area contributed by atoms with Crippen LogP contribution >= 0.6 is 0 Å². The zero-order valence-corrected chi connectivity index (χ0v) is 15.8. The smallest absolute Gasteiger partial charge is 0.251 e. The Bertz CT molecular complexity index is 527. The molecule has 0 aromatic heterocycles. The third-order valence-electron chi connectivity index (χ3n) is 4.18. The number of hydrogen-bond donors (Lipinski definition) is 2. The molecule has 0 unspecified atom stereocenters. The first kappa shape index (κ1) is 21.0. The number of carbonyl (C=O) groups excluding carboxylic acids is 2. The van der Waals surface area contributed by atoms with E-state index in [1.54, 1.807) is 31.4 Å². The Morgan fingerprint density at radius 3 is 2.36 bits per heavy atom. The van der Waals surface area contributed by atoms with E-state index in [4.69, 9.17) is 4.74 Å². The zero-order valence-electron chi connectivity index (χ0n) is 15.8. The fourth-order valence-electron chi connectivity index (χ4n) is 2.56. The predicted octanol–water partition coefficient (Wildman–Crippen LogP) is 2.05. The second-order valence-corrected chi connectivity index (χ2v) is 6.05. The van der Waals surface area contributed by atoms with E-state index in [2.05, 4.69) is 29.4 Å². The van der Waals surface area contributed by atoms with Crippen molar-refractivity contribution in [1.29, 1.82) is 0 Å². The number of hydrogen-bond acceptors (Lipinski definition) is 4. The van der Waals surface area contributed by atoms with Crippen LogP contribution in [0.5, 0.6) is 5.75 Å². The third-order valence-corrected chi connectivity index (χ3v) is 4.18. The first-order chi connectivity index (χ1) is 12.0. The van der Waals surface area contributed by atoms with Crippen molar-refractivity contribution in [2.75, 3.05) is 33.3 Å². The lowest BCUT2D eigenvalue weighted by molar-refractivity contribution is -0.120. The fraction of sp³-hybridized carbons (Fsp3) is 0.579. The van der Waals surface area contributed by atoms with Crippen LogP contribution in [0.25, 0.3) is 0 Å². The van der Waals surface area contributed by atoms with E-state index in [1.165, 1.54) is 0 Å². The summed E-state index contributed by atoms with van der Waals surface area (Å²) in [5, 5.41) is 5.56. The number of amides is 2. The highest BCUT2D eigenvalue weighted by Gasteiger charge is 2.11. The maximum absolute atomic E-state index is 12.0. The van der Waals surface area contributed by atoms with Crippen LogP contribution in [-0.2, 0) is 4.79 Å². The lowest BCUT2D eigenvalue weighted by Gasteiger charge is -2.19. The molecule has 0 saturated carbocycles. The van der Waals surface area contributed by atoms with Crippen molar-refractivity contribution < 1.29 is 14.3 Å². The molecule has 1 aromatic rings. The van der Waals surface area contributed by atoms with Gasteiger partial charge in [0.25, 0.3) is 5.91 Å². The highest BCUT2D eigenvalue weighted by Crippen LogP contribution is 2.10. The van der Waals surface area contributed by atoms with Crippen LogP contribution in [-0.4, -0.2) is 56.0 Å². The second kappa shape index (κ2) is 11.5. The van der Waals surface area contributed by atoms with Crippen LogP contribution < -0.4 is 15.4 Å². The Hall–Kier alpha value is -2.08. The van der Waals surface area contributed by atoms with Gasteiger partial charge in [-0.1, -0.05) is 13.8 Å². The van der Waals surface area contributed by atoms with Crippen molar-refractivity contribution in [1.82, 2.24) is 15.5 Å². The molecule has 0 spiro atoms. The molecule has 0 radical (unpaired) electrons. The van der Waals surface area contributed by atoms with Gasteiger partial charge < -0.3 is 20.3 Å². The van der Waals surface area contributed by atoms with E-state index in [-0.39, 0.29) is 24.4 Å². The molecule has 0 bridgehead atoms. The third kappa shape index (κ3) is 8.03. The molecule has 6 nitrogen and oxygen atoms in total. The van der Waals surface area contributed by atoms with Gasteiger partial charge in [0.2, 0.25) is 5.91 Å². The molecule has 0 fully saturated rings. The Morgan fingerprint density at radius 1 is 1.16 bits per heavy atom. The maximum Gasteiger partial charge on any atom is 0.251 e. The fourth-order valence-corrected chi connectivity index (χ4v) is 2.56. The average Bonchev–Trinajstić information content (AvgIpc) is 2.63. The summed E-state index contributed by atoms with van der Waals surface area (Å²) in [6.07, 6.45) is 1.97. The van der Waals surface area contributed by atoms with Crippen molar-refractivity contribution >= 4 is 11.8 Å². The summed E-state index contributed by atoms with van der Waals surface area (Å²) < 4.78 is 5.05. The quantitative estimate of drug-likeness (QED) is 0.641. The van der Waals surface area contributed by atoms with Gasteiger partial charge in [0.15, 0.2) is 0 Å². The van der Waals surface area contributed by atoms with E-state index in [0.29, 0.717) is 11.3 Å². The maximum atomic E-state index is 12.0. The van der Waals surface area contributed by atoms with Crippen LogP contribution in [0.15, 0.2) is 24.3 Å². The van der Waals surface area contributed by atoms with Crippen LogP contribution in [0.4, 0.5) is 0 Å². The van der Waals surface area contributed by atoms with E-state index in [1.807, 2.05) is 6.92 Å². The Morgan fingerprint density at radius 2 is 1.80 bits per heavy atom. The van der Waals surface area contributed by atoms with Gasteiger partial charge >= 0.3 is 0 Å². The van der Waals surface area contributed by atoms with Crippen molar-refractivity contribution in [3.05, 3.63) is 29.8 Å². The Balaban J connectivity index is 2.27. The highest BCUT2D eigenvalue weighted by atomic mass is 16.5. The van der Waals surface area contributed by atoms with Gasteiger partial charge in [-0.25, -0.2) is 0 Å². The summed E-state index contributed by atoms with van der Waals surface area (Å²) >= 11 is 0. The van der Waals surface area contributed by atoms with Crippen molar-refractivity contribution in [2.24, 2.45) is 0 Å². The molecule has 1 aromatic carbocycles. The van der Waals surface area contributed by atoms with E-state index in [9.17, 15) is 9.59 Å². The minimum absolute atomic E-state index is 0.0226. The summed E-state index contributed by atoms with van der Waals surface area (Å²) in [4.78, 5) is 26.3. The molecule has 1 rings (SSSR count). The van der Waals surface area contributed by atoms with Crippen LogP contribution in [0.3, 0.4) is 0 Å². The molecular formula is C19H31N3O3. The van der Waals surface area contributed by atoms with Gasteiger partial charge in [-0.05, 0) is 63.7 Å². The minimum atomic E-state index is -0.271. The van der Waals surface area contributed by atoms with Crippen LogP contribution in [0.1, 0.15) is 44.0 Å². The molecule has 140 valence electrons. The van der Waals surface area contributed by atoms with Crippen molar-refractivity contribution in [2.45, 2.75) is 39.7 Å². The normalized spacial score (nSPS) is 11.9. The molecule has 6 heteroatoms. The number of ether oxygens (including phenoxy) is 1. The number of nitrogens with zero attached hydrogens (tertiary/aromatic N) is 1. The molecule has 2 N–H and O–H groups in total. The van der Waals surface area contributed by atoms with Gasteiger partial charge in [-0.3, -0.25) is 9.59 Å². The summed E-state index contributed by atoms with van der Waals surface area (Å²) in [5.74, 6) is 0.247. The molecule has 2 amide bonds. The standard InChI is InChI=1S/C19H31N3O3/c1-5-22(6-2)13-7-8-15(3)21-18(23)14-20-19(24)16-9-11-17(25-4)12-10-16/h9-12,15H,5-8,13-14H2,1-4H3,(H,20,24)(H,21,23)/t15-/m1/s1. The van der Waals surface area contributed by atoms with E-state index < -0.39 is 0 Å². The molecule has 1 atom stereocenters. The van der Waals surface area contributed by atoms with Gasteiger partial charge in [0.05, 0.1) is 13.7 Å². The minimum Gasteiger partial charge on any atom is -0.497 e. The highest BCUT2D eigenvalue weighted by molar-refractivity contribution is 5.96.